The van der Waals surface area contributed by atoms with Gasteiger partial charge in [-0.05, 0) is 18.1 Å². The number of thiocarbonyl (C=S) groups is 1. The average molecular weight is 231 g/mol. The summed E-state index contributed by atoms with van der Waals surface area (Å²) in [7, 11) is 0. The van der Waals surface area contributed by atoms with Gasteiger partial charge in [-0.25, -0.2) is 0 Å². The summed E-state index contributed by atoms with van der Waals surface area (Å²) in [6, 6.07) is 0. The molecule has 82 valence electrons. The lowest BCUT2D eigenvalue weighted by Gasteiger charge is -2.21. The number of hydrogen-bond donors (Lipinski definition) is 1. The van der Waals surface area contributed by atoms with Crippen molar-refractivity contribution >= 4 is 28.3 Å². The van der Waals surface area contributed by atoms with Gasteiger partial charge in [0.2, 0.25) is 0 Å². The van der Waals surface area contributed by atoms with Gasteiger partial charge in [-0.1, -0.05) is 63.0 Å². The molecule has 1 rings (SSSR count). The number of hydrogen-bond acceptors (Lipinski definition) is 2. The first kappa shape index (κ1) is 12.3. The van der Waals surface area contributed by atoms with Crippen LogP contribution in [0.15, 0.2) is 0 Å². The molecule has 1 saturated carbocycles. The molecule has 1 nitrogen and oxygen atoms in total. The third-order valence-corrected chi connectivity index (χ3v) is 4.02. The molecule has 0 aromatic carbocycles. The van der Waals surface area contributed by atoms with Crippen molar-refractivity contribution in [2.45, 2.75) is 45.4 Å². The number of thioether (sulfide) groups is 1. The Hall–Kier alpha value is 0.240. The minimum Gasteiger partial charge on any atom is -0.371 e. The lowest BCUT2D eigenvalue weighted by Crippen LogP contribution is -2.22. The maximum Gasteiger partial charge on any atom is 0.133 e. The van der Waals surface area contributed by atoms with Crippen LogP contribution in [-0.4, -0.2) is 16.6 Å². The molecule has 0 aliphatic heterocycles. The summed E-state index contributed by atoms with van der Waals surface area (Å²) in [4.78, 5) is 0. The van der Waals surface area contributed by atoms with E-state index < -0.39 is 0 Å². The van der Waals surface area contributed by atoms with Gasteiger partial charge in [0, 0.05) is 6.54 Å². The van der Waals surface area contributed by atoms with Crippen LogP contribution < -0.4 is 5.32 Å². The standard InChI is InChI=1S/C11H21NS2/c1-2-14-11(13)12-9-8-10-6-4-3-5-7-10/h10H,2-9H2,1H3,(H,12,13). The van der Waals surface area contributed by atoms with E-state index in [0.29, 0.717) is 0 Å². The van der Waals surface area contributed by atoms with Gasteiger partial charge in [-0.3, -0.25) is 0 Å². The summed E-state index contributed by atoms with van der Waals surface area (Å²) in [6.07, 6.45) is 8.53. The van der Waals surface area contributed by atoms with Crippen molar-refractivity contribution in [2.75, 3.05) is 12.3 Å². The van der Waals surface area contributed by atoms with E-state index in [2.05, 4.69) is 12.2 Å². The van der Waals surface area contributed by atoms with Crippen molar-refractivity contribution in [1.82, 2.24) is 5.32 Å². The van der Waals surface area contributed by atoms with Gasteiger partial charge in [0.25, 0.3) is 0 Å². The van der Waals surface area contributed by atoms with Crippen LogP contribution in [0.25, 0.3) is 0 Å². The Kier molecular flexibility index (Phi) is 6.61. The fourth-order valence-corrected chi connectivity index (χ4v) is 2.96. The summed E-state index contributed by atoms with van der Waals surface area (Å²) in [6.45, 7) is 3.22. The first-order chi connectivity index (χ1) is 6.83. The minimum absolute atomic E-state index is 0.964. The van der Waals surface area contributed by atoms with Gasteiger partial charge in [-0.15, -0.1) is 0 Å². The Morgan fingerprint density at radius 3 is 2.71 bits per heavy atom. The van der Waals surface area contributed by atoms with Gasteiger partial charge in [0.05, 0.1) is 0 Å². The summed E-state index contributed by atoms with van der Waals surface area (Å²) < 4.78 is 0.975. The van der Waals surface area contributed by atoms with Crippen molar-refractivity contribution in [2.24, 2.45) is 5.92 Å². The van der Waals surface area contributed by atoms with Gasteiger partial charge in [-0.2, -0.15) is 0 Å². The quantitative estimate of drug-likeness (QED) is 0.743. The van der Waals surface area contributed by atoms with E-state index in [-0.39, 0.29) is 0 Å². The molecule has 0 radical (unpaired) electrons. The van der Waals surface area contributed by atoms with Gasteiger partial charge in [0.1, 0.15) is 4.32 Å². The highest BCUT2D eigenvalue weighted by molar-refractivity contribution is 8.22. The molecule has 1 aliphatic rings. The zero-order valence-electron chi connectivity index (χ0n) is 9.05. The lowest BCUT2D eigenvalue weighted by molar-refractivity contribution is 0.340. The first-order valence-corrected chi connectivity index (χ1v) is 7.13. The highest BCUT2D eigenvalue weighted by Crippen LogP contribution is 2.25. The molecule has 0 amide bonds. The molecule has 0 aromatic heterocycles. The smallest absolute Gasteiger partial charge is 0.133 e. The Morgan fingerprint density at radius 2 is 2.07 bits per heavy atom. The molecule has 1 N–H and O–H groups in total. The molecular weight excluding hydrogens is 210 g/mol. The molecule has 0 aromatic rings. The molecule has 0 unspecified atom stereocenters. The second-order valence-corrected chi connectivity index (χ2v) is 5.88. The van der Waals surface area contributed by atoms with Crippen LogP contribution >= 0.6 is 24.0 Å². The predicted octanol–water partition coefficient (Wildman–Crippen LogP) is 3.58. The van der Waals surface area contributed by atoms with Crippen molar-refractivity contribution in [3.63, 3.8) is 0 Å². The van der Waals surface area contributed by atoms with Crippen LogP contribution in [0.1, 0.15) is 45.4 Å². The average Bonchev–Trinajstić information content (AvgIpc) is 2.20. The summed E-state index contributed by atoms with van der Waals surface area (Å²) >= 11 is 6.91. The van der Waals surface area contributed by atoms with Crippen LogP contribution in [0.5, 0.6) is 0 Å². The number of rotatable bonds is 4. The maximum atomic E-state index is 5.17. The molecule has 0 bridgehead atoms. The molecule has 0 spiro atoms. The first-order valence-electron chi connectivity index (χ1n) is 5.73. The predicted molar refractivity (Wildman–Crippen MR) is 69.9 cm³/mol. The fourth-order valence-electron chi connectivity index (χ4n) is 2.04. The van der Waals surface area contributed by atoms with Crippen molar-refractivity contribution < 1.29 is 0 Å². The summed E-state index contributed by atoms with van der Waals surface area (Å²) in [5.41, 5.74) is 0. The molecule has 3 heteroatoms. The summed E-state index contributed by atoms with van der Waals surface area (Å²) in [5, 5.41) is 3.33. The van der Waals surface area contributed by atoms with Gasteiger partial charge >= 0.3 is 0 Å². The van der Waals surface area contributed by atoms with E-state index in [0.717, 1.165) is 22.5 Å². The van der Waals surface area contributed by atoms with Crippen LogP contribution in [0.2, 0.25) is 0 Å². The normalized spacial score (nSPS) is 18.1. The van der Waals surface area contributed by atoms with E-state index in [1.54, 1.807) is 11.8 Å². The molecule has 1 aliphatic carbocycles. The van der Waals surface area contributed by atoms with Crippen LogP contribution in [0.3, 0.4) is 0 Å². The van der Waals surface area contributed by atoms with Crippen molar-refractivity contribution in [3.05, 3.63) is 0 Å². The molecule has 1 fully saturated rings. The largest absolute Gasteiger partial charge is 0.371 e. The Labute approximate surface area is 97.4 Å². The third-order valence-electron chi connectivity index (χ3n) is 2.82. The minimum atomic E-state index is 0.964. The SMILES string of the molecule is CCSC(=S)NCCC1CCCCC1. The Bertz CT molecular complexity index is 165. The van der Waals surface area contributed by atoms with Gasteiger partial charge in [0.15, 0.2) is 0 Å². The van der Waals surface area contributed by atoms with Crippen LogP contribution in [-0.2, 0) is 0 Å². The zero-order valence-corrected chi connectivity index (χ0v) is 10.7. The van der Waals surface area contributed by atoms with E-state index in [4.69, 9.17) is 12.2 Å². The topological polar surface area (TPSA) is 12.0 Å². The monoisotopic (exact) mass is 231 g/mol. The molecule has 0 atom stereocenters. The Balaban J connectivity index is 1.99. The zero-order chi connectivity index (χ0) is 10.2. The summed E-state index contributed by atoms with van der Waals surface area (Å²) in [5.74, 6) is 2.04. The molecule has 0 saturated heterocycles. The molecule has 0 heterocycles. The second-order valence-electron chi connectivity index (χ2n) is 3.94. The molecular formula is C11H21NS2. The van der Waals surface area contributed by atoms with E-state index in [1.807, 2.05) is 0 Å². The Morgan fingerprint density at radius 1 is 1.36 bits per heavy atom. The highest BCUT2D eigenvalue weighted by atomic mass is 32.2. The van der Waals surface area contributed by atoms with Crippen LogP contribution in [0.4, 0.5) is 0 Å². The van der Waals surface area contributed by atoms with E-state index in [9.17, 15) is 0 Å². The number of nitrogens with one attached hydrogen (secondary N) is 1. The third kappa shape index (κ3) is 5.20. The highest BCUT2D eigenvalue weighted by Gasteiger charge is 2.12. The maximum absolute atomic E-state index is 5.17. The van der Waals surface area contributed by atoms with Gasteiger partial charge < -0.3 is 5.32 Å². The fraction of sp³-hybridized carbons (Fsp3) is 0.909. The molecule has 14 heavy (non-hydrogen) atoms. The van der Waals surface area contributed by atoms with E-state index >= 15 is 0 Å². The lowest BCUT2D eigenvalue weighted by atomic mass is 9.87. The van der Waals surface area contributed by atoms with Crippen molar-refractivity contribution in [3.8, 4) is 0 Å². The van der Waals surface area contributed by atoms with E-state index in [1.165, 1.54) is 38.5 Å². The van der Waals surface area contributed by atoms with Crippen molar-refractivity contribution in [1.29, 1.82) is 0 Å². The second kappa shape index (κ2) is 7.52. The van der Waals surface area contributed by atoms with Crippen LogP contribution in [0, 0.1) is 5.92 Å².